The predicted octanol–water partition coefficient (Wildman–Crippen LogP) is 5.32. The summed E-state index contributed by atoms with van der Waals surface area (Å²) in [5.74, 6) is 1.55. The molecule has 0 radical (unpaired) electrons. The number of hydrogen-bond donors (Lipinski definition) is 2. The first kappa shape index (κ1) is 22.1. The van der Waals surface area contributed by atoms with Crippen LogP contribution in [0.25, 0.3) is 11.1 Å². The molecule has 172 valence electrons. The Hall–Kier alpha value is -2.71. The SMILES string of the molecule is CCCCOc1ccc(C2(C)CC(c3ncc(C4CC4)s3)=C(c3ncn[nH]3)C(=O)N2)c(Cl)c1. The minimum Gasteiger partial charge on any atom is -0.494 e. The Balaban J connectivity index is 1.52. The van der Waals surface area contributed by atoms with Crippen LogP contribution in [-0.4, -0.2) is 32.7 Å². The van der Waals surface area contributed by atoms with Gasteiger partial charge in [-0.1, -0.05) is 31.0 Å². The summed E-state index contributed by atoms with van der Waals surface area (Å²) in [6.07, 6.45) is 8.35. The summed E-state index contributed by atoms with van der Waals surface area (Å²) in [6, 6.07) is 5.69. The van der Waals surface area contributed by atoms with Crippen LogP contribution < -0.4 is 10.1 Å². The summed E-state index contributed by atoms with van der Waals surface area (Å²) in [6.45, 7) is 4.78. The number of nitrogens with one attached hydrogen (secondary N) is 2. The van der Waals surface area contributed by atoms with Crippen LogP contribution in [-0.2, 0) is 10.3 Å². The molecule has 0 saturated heterocycles. The maximum Gasteiger partial charge on any atom is 0.256 e. The number of hydrogen-bond acceptors (Lipinski definition) is 6. The Bertz CT molecular complexity index is 1200. The molecule has 9 heteroatoms. The predicted molar refractivity (Wildman–Crippen MR) is 129 cm³/mol. The molecule has 0 bridgehead atoms. The van der Waals surface area contributed by atoms with E-state index in [1.54, 1.807) is 11.3 Å². The Kier molecular flexibility index (Phi) is 5.97. The van der Waals surface area contributed by atoms with Crippen LogP contribution in [0.5, 0.6) is 5.75 Å². The molecule has 3 aromatic rings. The highest BCUT2D eigenvalue weighted by atomic mass is 35.5. The number of H-pyrrole nitrogens is 1. The Morgan fingerprint density at radius 3 is 2.85 bits per heavy atom. The van der Waals surface area contributed by atoms with Crippen molar-refractivity contribution in [3.05, 3.63) is 57.0 Å². The van der Waals surface area contributed by atoms with Gasteiger partial charge in [-0.15, -0.1) is 11.3 Å². The number of benzene rings is 1. The summed E-state index contributed by atoms with van der Waals surface area (Å²) >= 11 is 8.37. The van der Waals surface area contributed by atoms with Crippen LogP contribution in [0.2, 0.25) is 5.02 Å². The van der Waals surface area contributed by atoms with Gasteiger partial charge in [0.15, 0.2) is 5.82 Å². The van der Waals surface area contributed by atoms with E-state index in [-0.39, 0.29) is 5.91 Å². The van der Waals surface area contributed by atoms with Gasteiger partial charge in [-0.05, 0) is 49.8 Å². The number of ether oxygens (including phenoxy) is 1. The summed E-state index contributed by atoms with van der Waals surface area (Å²) in [4.78, 5) is 23.6. The van der Waals surface area contributed by atoms with E-state index in [1.807, 2.05) is 31.3 Å². The minimum atomic E-state index is -0.708. The Morgan fingerprint density at radius 2 is 2.15 bits per heavy atom. The second-order valence-electron chi connectivity index (χ2n) is 8.84. The third kappa shape index (κ3) is 4.42. The van der Waals surface area contributed by atoms with E-state index in [0.29, 0.717) is 35.4 Å². The third-order valence-corrected chi connectivity index (χ3v) is 7.70. The second-order valence-corrected chi connectivity index (χ2v) is 10.3. The maximum absolute atomic E-state index is 13.4. The van der Waals surface area contributed by atoms with E-state index in [2.05, 4.69) is 27.4 Å². The number of aromatic amines is 1. The van der Waals surface area contributed by atoms with Crippen molar-refractivity contribution < 1.29 is 9.53 Å². The number of halogens is 1. The Morgan fingerprint density at radius 1 is 1.30 bits per heavy atom. The zero-order valence-corrected chi connectivity index (χ0v) is 20.2. The number of thiazole rings is 1. The monoisotopic (exact) mass is 483 g/mol. The maximum atomic E-state index is 13.4. The molecule has 3 heterocycles. The van der Waals surface area contributed by atoms with Gasteiger partial charge in [0.2, 0.25) is 0 Å². The highest BCUT2D eigenvalue weighted by Gasteiger charge is 2.41. The average Bonchev–Trinajstić information content (AvgIpc) is 3.28. The molecule has 1 aliphatic carbocycles. The largest absolute Gasteiger partial charge is 0.494 e. The molecule has 1 aliphatic heterocycles. The number of nitrogens with zero attached hydrogens (tertiary/aromatic N) is 3. The molecule has 1 saturated carbocycles. The van der Waals surface area contributed by atoms with Crippen molar-refractivity contribution >= 4 is 40.0 Å². The molecule has 1 aromatic carbocycles. The first-order valence-electron chi connectivity index (χ1n) is 11.3. The molecular weight excluding hydrogens is 458 g/mol. The lowest BCUT2D eigenvalue weighted by Crippen LogP contribution is -2.47. The zero-order valence-electron chi connectivity index (χ0n) is 18.7. The highest BCUT2D eigenvalue weighted by Crippen LogP contribution is 2.47. The van der Waals surface area contributed by atoms with Crippen molar-refractivity contribution in [3.63, 3.8) is 0 Å². The topological polar surface area (TPSA) is 92.8 Å². The van der Waals surface area contributed by atoms with Gasteiger partial charge in [-0.3, -0.25) is 9.89 Å². The molecule has 5 rings (SSSR count). The van der Waals surface area contributed by atoms with E-state index >= 15 is 0 Å². The van der Waals surface area contributed by atoms with Crippen molar-refractivity contribution in [1.82, 2.24) is 25.5 Å². The minimum absolute atomic E-state index is 0.224. The van der Waals surface area contributed by atoms with Crippen LogP contribution in [0.4, 0.5) is 0 Å². The van der Waals surface area contributed by atoms with Crippen molar-refractivity contribution in [3.8, 4) is 5.75 Å². The van der Waals surface area contributed by atoms with Crippen molar-refractivity contribution in [2.45, 2.75) is 57.4 Å². The summed E-state index contributed by atoms with van der Waals surface area (Å²) < 4.78 is 5.80. The molecule has 1 fully saturated rings. The van der Waals surface area contributed by atoms with Gasteiger partial charge >= 0.3 is 0 Å². The van der Waals surface area contributed by atoms with Crippen molar-refractivity contribution in [2.75, 3.05) is 6.61 Å². The first-order valence-corrected chi connectivity index (χ1v) is 12.5. The standard InChI is InChI=1S/C24H26ClN5O2S/c1-3-4-9-32-15-7-8-17(18(25)10-15)24(2)11-16(23-26-12-19(33-23)14-5-6-14)20(22(31)29-24)21-27-13-28-30-21/h7-8,10,12-14H,3-6,9,11H2,1-2H3,(H,29,31)(H,27,28,30). The average molecular weight is 484 g/mol. The molecule has 1 atom stereocenters. The second kappa shape index (κ2) is 8.91. The van der Waals surface area contributed by atoms with Crippen LogP contribution in [0.15, 0.2) is 30.7 Å². The lowest BCUT2D eigenvalue weighted by atomic mass is 9.80. The smallest absolute Gasteiger partial charge is 0.256 e. The van der Waals surface area contributed by atoms with E-state index in [1.165, 1.54) is 24.0 Å². The number of amides is 1. The molecule has 2 N–H and O–H groups in total. The van der Waals surface area contributed by atoms with Gasteiger partial charge in [0, 0.05) is 28.1 Å². The van der Waals surface area contributed by atoms with Gasteiger partial charge < -0.3 is 10.1 Å². The lowest BCUT2D eigenvalue weighted by molar-refractivity contribution is -0.117. The van der Waals surface area contributed by atoms with Crippen LogP contribution in [0.1, 0.15) is 73.1 Å². The Labute approximate surface area is 201 Å². The number of unbranched alkanes of at least 4 members (excludes halogenated alkanes) is 1. The van der Waals surface area contributed by atoms with E-state index < -0.39 is 5.54 Å². The number of rotatable bonds is 8. The van der Waals surface area contributed by atoms with Crippen LogP contribution in [0, 0.1) is 0 Å². The van der Waals surface area contributed by atoms with E-state index in [9.17, 15) is 4.79 Å². The van der Waals surface area contributed by atoms with Crippen molar-refractivity contribution in [1.29, 1.82) is 0 Å². The summed E-state index contributed by atoms with van der Waals surface area (Å²) in [5.41, 5.74) is 1.47. The van der Waals surface area contributed by atoms with Gasteiger partial charge in [0.1, 0.15) is 17.1 Å². The molecule has 2 aromatic heterocycles. The van der Waals surface area contributed by atoms with E-state index in [4.69, 9.17) is 21.3 Å². The number of carbonyl (C=O) groups excluding carboxylic acids is 1. The molecule has 1 amide bonds. The normalized spacial score (nSPS) is 20.8. The van der Waals surface area contributed by atoms with Crippen LogP contribution in [0.3, 0.4) is 0 Å². The fourth-order valence-corrected chi connectivity index (χ4v) is 5.72. The van der Waals surface area contributed by atoms with Gasteiger partial charge in [-0.2, -0.15) is 5.10 Å². The highest BCUT2D eigenvalue weighted by molar-refractivity contribution is 7.13. The van der Waals surface area contributed by atoms with E-state index in [0.717, 1.165) is 34.7 Å². The van der Waals surface area contributed by atoms with Gasteiger partial charge in [0.05, 0.1) is 17.7 Å². The summed E-state index contributed by atoms with van der Waals surface area (Å²) in [7, 11) is 0. The molecule has 1 unspecified atom stereocenters. The molecule has 0 spiro atoms. The summed E-state index contributed by atoms with van der Waals surface area (Å²) in [5, 5.41) is 11.4. The lowest BCUT2D eigenvalue weighted by Gasteiger charge is -2.37. The van der Waals surface area contributed by atoms with Gasteiger partial charge in [-0.25, -0.2) is 9.97 Å². The zero-order chi connectivity index (χ0) is 23.0. The fourth-order valence-electron chi connectivity index (χ4n) is 4.21. The van der Waals surface area contributed by atoms with Gasteiger partial charge in [0.25, 0.3) is 5.91 Å². The quantitative estimate of drug-likeness (QED) is 0.423. The van der Waals surface area contributed by atoms with Crippen molar-refractivity contribution in [2.24, 2.45) is 0 Å². The molecule has 2 aliphatic rings. The number of aromatic nitrogens is 4. The third-order valence-electron chi connectivity index (χ3n) is 6.16. The van der Waals surface area contributed by atoms with Crippen LogP contribution >= 0.6 is 22.9 Å². The fraction of sp³-hybridized carbons (Fsp3) is 0.417. The molecular formula is C24H26ClN5O2S. The molecule has 7 nitrogen and oxygen atoms in total. The number of carbonyl (C=O) groups is 1. The first-order chi connectivity index (χ1) is 16.0. The molecule has 33 heavy (non-hydrogen) atoms.